The number of nitrogens with one attached hydrogen (secondary N) is 1. The molecule has 2 aliphatic heterocycles. The van der Waals surface area contributed by atoms with Crippen molar-refractivity contribution in [3.63, 3.8) is 0 Å². The highest BCUT2D eigenvalue weighted by Crippen LogP contribution is 2.31. The summed E-state index contributed by atoms with van der Waals surface area (Å²) in [5.74, 6) is -0.628. The van der Waals surface area contributed by atoms with Gasteiger partial charge in [-0.3, -0.25) is 4.79 Å². The van der Waals surface area contributed by atoms with E-state index in [4.69, 9.17) is 4.74 Å². The average molecular weight is 401 g/mol. The molecule has 9 nitrogen and oxygen atoms in total. The molecule has 142 valence electrons. The lowest BCUT2D eigenvalue weighted by atomic mass is 9.98. The van der Waals surface area contributed by atoms with Gasteiger partial charge in [0.05, 0.1) is 23.1 Å². The summed E-state index contributed by atoms with van der Waals surface area (Å²) in [6.45, 7) is 2.36. The lowest BCUT2D eigenvalue weighted by Gasteiger charge is -2.30. The van der Waals surface area contributed by atoms with E-state index in [0.717, 1.165) is 12.4 Å². The number of nitrogens with zero attached hydrogens (tertiary/aromatic N) is 2. The first-order valence-corrected chi connectivity index (χ1v) is 11.0. The van der Waals surface area contributed by atoms with E-state index in [-0.39, 0.29) is 47.1 Å². The Bertz CT molecular complexity index is 948. The Labute approximate surface area is 152 Å². The third-order valence-electron chi connectivity index (χ3n) is 4.35. The number of benzene rings is 1. The molecular weight excluding hydrogens is 382 g/mol. The number of carbonyl (C=O) groups is 1. The van der Waals surface area contributed by atoms with Crippen molar-refractivity contribution >= 4 is 38.0 Å². The Hall–Kier alpha value is -1.98. The van der Waals surface area contributed by atoms with Crippen LogP contribution in [0.2, 0.25) is 0 Å². The van der Waals surface area contributed by atoms with Gasteiger partial charge in [0.1, 0.15) is 11.2 Å². The molecule has 0 spiro atoms. The second-order valence-corrected chi connectivity index (χ2v) is 9.48. The summed E-state index contributed by atoms with van der Waals surface area (Å²) in [5.41, 5.74) is 0.278. The fourth-order valence-corrected chi connectivity index (χ4v) is 5.52. The zero-order valence-electron chi connectivity index (χ0n) is 14.1. The molecule has 1 aromatic rings. The fourth-order valence-electron chi connectivity index (χ4n) is 2.96. The molecule has 1 fully saturated rings. The molecule has 3 rings (SSSR count). The number of rotatable bonds is 4. The molecule has 0 amide bonds. The molecule has 11 heteroatoms. The Kier molecular flexibility index (Phi) is 5.04. The van der Waals surface area contributed by atoms with E-state index in [9.17, 15) is 21.6 Å². The highest BCUT2D eigenvalue weighted by molar-refractivity contribution is 7.91. The largest absolute Gasteiger partial charge is 0.466 e. The lowest BCUT2D eigenvalue weighted by molar-refractivity contribution is -0.149. The maximum absolute atomic E-state index is 12.8. The van der Waals surface area contributed by atoms with Gasteiger partial charge in [-0.2, -0.15) is 12.7 Å². The van der Waals surface area contributed by atoms with Gasteiger partial charge in [0.2, 0.25) is 10.0 Å². The smallest absolute Gasteiger partial charge is 0.309 e. The lowest BCUT2D eigenvalue weighted by Crippen LogP contribution is -2.40. The summed E-state index contributed by atoms with van der Waals surface area (Å²) >= 11 is 0. The van der Waals surface area contributed by atoms with Crippen LogP contribution < -0.4 is 5.32 Å². The summed E-state index contributed by atoms with van der Waals surface area (Å²) in [7, 11) is -7.79. The van der Waals surface area contributed by atoms with Crippen LogP contribution in [0, 0.1) is 5.92 Å². The van der Waals surface area contributed by atoms with Crippen LogP contribution in [0.4, 0.5) is 5.69 Å². The van der Waals surface area contributed by atoms with Crippen LogP contribution in [0.1, 0.15) is 19.8 Å². The van der Waals surface area contributed by atoms with Crippen LogP contribution in [0.15, 0.2) is 32.4 Å². The molecule has 0 atom stereocenters. The van der Waals surface area contributed by atoms with Gasteiger partial charge in [-0.1, -0.05) is 0 Å². The highest BCUT2D eigenvalue weighted by atomic mass is 32.2. The normalized spacial score (nSPS) is 20.2. The summed E-state index contributed by atoms with van der Waals surface area (Å²) in [4.78, 5) is 11.5. The predicted octanol–water partition coefficient (Wildman–Crippen LogP) is 0.793. The van der Waals surface area contributed by atoms with Gasteiger partial charge >= 0.3 is 5.97 Å². The van der Waals surface area contributed by atoms with Crippen molar-refractivity contribution in [3.8, 4) is 0 Å². The molecule has 0 unspecified atom stereocenters. The second-order valence-electron chi connectivity index (χ2n) is 5.94. The van der Waals surface area contributed by atoms with Crippen molar-refractivity contribution in [2.24, 2.45) is 10.3 Å². The first-order valence-electron chi connectivity index (χ1n) is 8.12. The molecule has 2 aliphatic rings. The van der Waals surface area contributed by atoms with Crippen LogP contribution >= 0.6 is 0 Å². The quantitative estimate of drug-likeness (QED) is 0.740. The standard InChI is InChI=1S/C15H19N3O6S2/c1-2-24-15(19)11-5-7-18(8-6-11)26(22,23)12-3-4-13-14(9-12)25(20,21)17-10-16-13/h3-4,9-11H,2,5-8H2,1H3,(H,16,17). The minimum absolute atomic E-state index is 0.117. The molecule has 0 radical (unpaired) electrons. The SMILES string of the molecule is CCOC(=O)C1CCN(S(=O)(=O)c2ccc3c(c2)S(=O)(=O)N=CN3)CC1. The zero-order valence-corrected chi connectivity index (χ0v) is 15.7. The van der Waals surface area contributed by atoms with Crippen molar-refractivity contribution in [1.82, 2.24) is 4.31 Å². The summed E-state index contributed by atoms with van der Waals surface area (Å²) in [6, 6.07) is 3.87. The average Bonchev–Trinajstić information content (AvgIpc) is 2.61. The molecular formula is C15H19N3O6S2. The van der Waals surface area contributed by atoms with Crippen LogP contribution in [0.25, 0.3) is 0 Å². The fraction of sp³-hybridized carbons (Fsp3) is 0.467. The number of esters is 1. The first kappa shape index (κ1) is 18.8. The van der Waals surface area contributed by atoms with Crippen molar-refractivity contribution in [2.75, 3.05) is 25.0 Å². The number of carbonyl (C=O) groups excluding carboxylic acids is 1. The third-order valence-corrected chi connectivity index (χ3v) is 7.53. The van der Waals surface area contributed by atoms with Crippen LogP contribution in [-0.4, -0.2) is 53.1 Å². The zero-order chi connectivity index (χ0) is 18.9. The molecule has 1 aromatic carbocycles. The molecule has 1 N–H and O–H groups in total. The summed E-state index contributed by atoms with van der Waals surface area (Å²) in [6.07, 6.45) is 1.78. The predicted molar refractivity (Wildman–Crippen MR) is 93.9 cm³/mol. The van der Waals surface area contributed by atoms with E-state index >= 15 is 0 Å². The van der Waals surface area contributed by atoms with Crippen molar-refractivity contribution in [1.29, 1.82) is 0 Å². The van der Waals surface area contributed by atoms with E-state index in [2.05, 4.69) is 9.71 Å². The van der Waals surface area contributed by atoms with Crippen LogP contribution in [0.3, 0.4) is 0 Å². The summed E-state index contributed by atoms with van der Waals surface area (Å²) in [5, 5.41) is 2.68. The Morgan fingerprint density at radius 2 is 2.04 bits per heavy atom. The monoisotopic (exact) mass is 401 g/mol. The molecule has 0 aromatic heterocycles. The van der Waals surface area contributed by atoms with E-state index in [0.29, 0.717) is 12.8 Å². The number of fused-ring (bicyclic) bond motifs is 1. The van der Waals surface area contributed by atoms with Crippen LogP contribution in [0.5, 0.6) is 0 Å². The van der Waals surface area contributed by atoms with Gasteiger partial charge in [0.15, 0.2) is 0 Å². The minimum atomic E-state index is -3.92. The Morgan fingerprint density at radius 1 is 1.35 bits per heavy atom. The van der Waals surface area contributed by atoms with E-state index < -0.39 is 20.0 Å². The molecule has 0 aliphatic carbocycles. The number of hydrogen-bond acceptors (Lipinski definition) is 7. The number of sulfonamides is 2. The minimum Gasteiger partial charge on any atom is -0.466 e. The number of hydrogen-bond donors (Lipinski definition) is 1. The number of anilines is 1. The second kappa shape index (κ2) is 6.97. The highest BCUT2D eigenvalue weighted by Gasteiger charge is 2.34. The van der Waals surface area contributed by atoms with E-state index in [1.807, 2.05) is 0 Å². The Morgan fingerprint density at radius 3 is 2.69 bits per heavy atom. The first-order chi connectivity index (χ1) is 12.3. The maximum Gasteiger partial charge on any atom is 0.309 e. The van der Waals surface area contributed by atoms with E-state index in [1.54, 1.807) is 6.92 Å². The van der Waals surface area contributed by atoms with Crippen molar-refractivity contribution < 1.29 is 26.4 Å². The molecule has 2 heterocycles. The van der Waals surface area contributed by atoms with E-state index in [1.165, 1.54) is 16.4 Å². The summed E-state index contributed by atoms with van der Waals surface area (Å²) < 4.78 is 59.3. The topological polar surface area (TPSA) is 122 Å². The van der Waals surface area contributed by atoms with Gasteiger partial charge < -0.3 is 10.1 Å². The van der Waals surface area contributed by atoms with Gasteiger partial charge in [0.25, 0.3) is 10.0 Å². The van der Waals surface area contributed by atoms with Gasteiger partial charge in [-0.15, -0.1) is 4.40 Å². The van der Waals surface area contributed by atoms with Crippen LogP contribution in [-0.2, 0) is 29.6 Å². The van der Waals surface area contributed by atoms with Gasteiger partial charge in [0, 0.05) is 13.1 Å². The number of piperidine rings is 1. The van der Waals surface area contributed by atoms with Crippen molar-refractivity contribution in [3.05, 3.63) is 18.2 Å². The van der Waals surface area contributed by atoms with Gasteiger partial charge in [-0.05, 0) is 38.0 Å². The maximum atomic E-state index is 12.8. The molecule has 0 saturated carbocycles. The number of ether oxygens (including phenoxy) is 1. The Balaban J connectivity index is 1.81. The van der Waals surface area contributed by atoms with Gasteiger partial charge in [-0.25, -0.2) is 8.42 Å². The van der Waals surface area contributed by atoms with Crippen molar-refractivity contribution in [2.45, 2.75) is 29.6 Å². The molecule has 0 bridgehead atoms. The third kappa shape index (κ3) is 3.46. The molecule has 26 heavy (non-hydrogen) atoms. The molecule has 1 saturated heterocycles.